The lowest BCUT2D eigenvalue weighted by atomic mass is 10.2. The van der Waals surface area contributed by atoms with Crippen LogP contribution in [-0.2, 0) is 11.3 Å². The van der Waals surface area contributed by atoms with Gasteiger partial charge in [-0.3, -0.25) is 4.99 Å². The summed E-state index contributed by atoms with van der Waals surface area (Å²) in [7, 11) is 3.36. The van der Waals surface area contributed by atoms with Gasteiger partial charge in [-0.25, -0.2) is 9.37 Å². The van der Waals surface area contributed by atoms with E-state index in [9.17, 15) is 4.39 Å². The molecule has 0 unspecified atom stereocenters. The summed E-state index contributed by atoms with van der Waals surface area (Å²) in [6.07, 6.45) is 4.22. The standard InChI is InChI=1S/C23H28FN5O2/c1-17-26-10-11-29(17)22-9-8-18(14-21(22)24)16-27-23(25-2)28-19-6-4-7-20(15-19)31-13-5-12-30-3/h4,6-11,14-15H,5,12-13,16H2,1-3H3,(H2,25,27,28). The molecule has 0 spiro atoms. The quantitative estimate of drug-likeness (QED) is 0.309. The molecule has 0 atom stereocenters. The van der Waals surface area contributed by atoms with Crippen molar-refractivity contribution in [2.24, 2.45) is 4.99 Å². The lowest BCUT2D eigenvalue weighted by molar-refractivity contribution is 0.172. The highest BCUT2D eigenvalue weighted by molar-refractivity contribution is 5.93. The maximum Gasteiger partial charge on any atom is 0.195 e. The van der Waals surface area contributed by atoms with Crippen molar-refractivity contribution in [2.75, 3.05) is 32.7 Å². The fourth-order valence-corrected chi connectivity index (χ4v) is 3.05. The largest absolute Gasteiger partial charge is 0.493 e. The van der Waals surface area contributed by atoms with Crippen LogP contribution in [0.5, 0.6) is 5.75 Å². The molecule has 0 amide bonds. The zero-order chi connectivity index (χ0) is 22.1. The first-order valence-electron chi connectivity index (χ1n) is 10.1. The van der Waals surface area contributed by atoms with Crippen LogP contribution in [0.15, 0.2) is 59.9 Å². The van der Waals surface area contributed by atoms with Crippen LogP contribution in [-0.4, -0.2) is 42.9 Å². The molecule has 7 nitrogen and oxygen atoms in total. The second-order valence-electron chi connectivity index (χ2n) is 6.90. The lowest BCUT2D eigenvalue weighted by Gasteiger charge is -2.14. The summed E-state index contributed by atoms with van der Waals surface area (Å²) in [5, 5.41) is 6.43. The van der Waals surface area contributed by atoms with Crippen molar-refractivity contribution in [2.45, 2.75) is 19.9 Å². The second-order valence-corrected chi connectivity index (χ2v) is 6.90. The number of methoxy groups -OCH3 is 1. The van der Waals surface area contributed by atoms with Gasteiger partial charge >= 0.3 is 0 Å². The SMILES string of the molecule is CN=C(NCc1ccc(-n2ccnc2C)c(F)c1)Nc1cccc(OCCCOC)c1. The smallest absolute Gasteiger partial charge is 0.195 e. The van der Waals surface area contributed by atoms with Gasteiger partial charge in [-0.2, -0.15) is 0 Å². The molecule has 0 saturated heterocycles. The Kier molecular flexibility index (Phi) is 8.00. The van der Waals surface area contributed by atoms with Crippen molar-refractivity contribution in [1.82, 2.24) is 14.9 Å². The molecule has 3 rings (SSSR count). The summed E-state index contributed by atoms with van der Waals surface area (Å²) >= 11 is 0. The van der Waals surface area contributed by atoms with E-state index in [0.717, 1.165) is 29.2 Å². The fourth-order valence-electron chi connectivity index (χ4n) is 3.05. The van der Waals surface area contributed by atoms with E-state index in [0.29, 0.717) is 31.4 Å². The van der Waals surface area contributed by atoms with E-state index in [2.05, 4.69) is 20.6 Å². The van der Waals surface area contributed by atoms with E-state index in [1.807, 2.05) is 37.3 Å². The van der Waals surface area contributed by atoms with Crippen molar-refractivity contribution in [3.05, 3.63) is 72.1 Å². The average molecular weight is 426 g/mol. The third-order valence-corrected chi connectivity index (χ3v) is 4.64. The molecule has 1 aromatic heterocycles. The number of aryl methyl sites for hydroxylation is 1. The molecule has 0 bridgehead atoms. The number of imidazole rings is 1. The van der Waals surface area contributed by atoms with Gasteiger partial charge < -0.3 is 24.7 Å². The Morgan fingerprint density at radius 3 is 2.77 bits per heavy atom. The number of benzene rings is 2. The van der Waals surface area contributed by atoms with E-state index in [1.165, 1.54) is 6.07 Å². The van der Waals surface area contributed by atoms with Crippen LogP contribution in [0.2, 0.25) is 0 Å². The predicted octanol–water partition coefficient (Wildman–Crippen LogP) is 3.92. The number of nitrogens with one attached hydrogen (secondary N) is 2. The number of aliphatic imine (C=N–C) groups is 1. The van der Waals surface area contributed by atoms with Crippen LogP contribution in [0.25, 0.3) is 5.69 Å². The molecule has 2 N–H and O–H groups in total. The van der Waals surface area contributed by atoms with Crippen LogP contribution >= 0.6 is 0 Å². The van der Waals surface area contributed by atoms with Gasteiger partial charge in [0.15, 0.2) is 5.96 Å². The van der Waals surface area contributed by atoms with Gasteiger partial charge in [-0.1, -0.05) is 12.1 Å². The Morgan fingerprint density at radius 2 is 2.06 bits per heavy atom. The molecule has 1 heterocycles. The summed E-state index contributed by atoms with van der Waals surface area (Å²) in [5.74, 6) is 1.77. The number of nitrogens with zero attached hydrogens (tertiary/aromatic N) is 3. The van der Waals surface area contributed by atoms with Crippen LogP contribution in [0.1, 0.15) is 17.8 Å². The molecule has 2 aromatic carbocycles. The Hall–Kier alpha value is -3.39. The van der Waals surface area contributed by atoms with E-state index in [-0.39, 0.29) is 5.82 Å². The van der Waals surface area contributed by atoms with Gasteiger partial charge in [0.2, 0.25) is 0 Å². The Morgan fingerprint density at radius 1 is 1.19 bits per heavy atom. The minimum atomic E-state index is -0.304. The monoisotopic (exact) mass is 425 g/mol. The Bertz CT molecular complexity index is 1020. The number of aromatic nitrogens is 2. The molecule has 0 fully saturated rings. The van der Waals surface area contributed by atoms with Gasteiger partial charge in [-0.05, 0) is 36.8 Å². The van der Waals surface area contributed by atoms with E-state index >= 15 is 0 Å². The molecule has 3 aromatic rings. The molecular formula is C23H28FN5O2. The third-order valence-electron chi connectivity index (χ3n) is 4.64. The second kappa shape index (κ2) is 11.1. The summed E-state index contributed by atoms with van der Waals surface area (Å²) in [6, 6.07) is 12.8. The minimum absolute atomic E-state index is 0.304. The first-order chi connectivity index (χ1) is 15.1. The van der Waals surface area contributed by atoms with Gasteiger partial charge in [0.25, 0.3) is 0 Å². The van der Waals surface area contributed by atoms with Gasteiger partial charge in [-0.15, -0.1) is 0 Å². The summed E-state index contributed by atoms with van der Waals surface area (Å²) in [5.41, 5.74) is 2.12. The summed E-state index contributed by atoms with van der Waals surface area (Å²) in [4.78, 5) is 8.38. The number of guanidine groups is 1. The summed E-state index contributed by atoms with van der Waals surface area (Å²) < 4.78 is 27.1. The number of ether oxygens (including phenoxy) is 2. The molecular weight excluding hydrogens is 397 g/mol. The van der Waals surface area contributed by atoms with Crippen molar-refractivity contribution >= 4 is 11.6 Å². The Labute approximate surface area is 181 Å². The first-order valence-corrected chi connectivity index (χ1v) is 10.1. The van der Waals surface area contributed by atoms with Gasteiger partial charge in [0.1, 0.15) is 17.4 Å². The maximum atomic E-state index is 14.6. The Balaban J connectivity index is 1.57. The van der Waals surface area contributed by atoms with Crippen molar-refractivity contribution in [3.63, 3.8) is 0 Å². The van der Waals surface area contributed by atoms with Crippen molar-refractivity contribution in [1.29, 1.82) is 0 Å². The van der Waals surface area contributed by atoms with E-state index in [4.69, 9.17) is 9.47 Å². The zero-order valence-corrected chi connectivity index (χ0v) is 18.1. The van der Waals surface area contributed by atoms with Crippen LogP contribution in [0.4, 0.5) is 10.1 Å². The molecule has 0 aliphatic heterocycles. The van der Waals surface area contributed by atoms with Gasteiger partial charge in [0, 0.05) is 57.9 Å². The highest BCUT2D eigenvalue weighted by Crippen LogP contribution is 2.18. The molecule has 164 valence electrons. The summed E-state index contributed by atoms with van der Waals surface area (Å²) in [6.45, 7) is 3.51. The average Bonchev–Trinajstić information content (AvgIpc) is 3.20. The maximum absolute atomic E-state index is 14.6. The van der Waals surface area contributed by atoms with E-state index in [1.54, 1.807) is 37.2 Å². The zero-order valence-electron chi connectivity index (χ0n) is 18.1. The molecule has 31 heavy (non-hydrogen) atoms. The van der Waals surface area contributed by atoms with Crippen molar-refractivity contribution in [3.8, 4) is 11.4 Å². The highest BCUT2D eigenvalue weighted by atomic mass is 19.1. The van der Waals surface area contributed by atoms with Crippen molar-refractivity contribution < 1.29 is 13.9 Å². The third kappa shape index (κ3) is 6.29. The van der Waals surface area contributed by atoms with Crippen LogP contribution in [0.3, 0.4) is 0 Å². The highest BCUT2D eigenvalue weighted by Gasteiger charge is 2.09. The number of anilines is 1. The number of rotatable bonds is 9. The molecule has 0 radical (unpaired) electrons. The molecule has 0 aliphatic rings. The van der Waals surface area contributed by atoms with E-state index < -0.39 is 0 Å². The van der Waals surface area contributed by atoms with Crippen LogP contribution in [0, 0.1) is 12.7 Å². The molecule has 0 aliphatic carbocycles. The number of hydrogen-bond acceptors (Lipinski definition) is 4. The lowest BCUT2D eigenvalue weighted by Crippen LogP contribution is -2.30. The number of halogens is 1. The molecule has 8 heteroatoms. The first kappa shape index (κ1) is 22.3. The van der Waals surface area contributed by atoms with Crippen LogP contribution < -0.4 is 15.4 Å². The normalized spacial score (nSPS) is 11.4. The predicted molar refractivity (Wildman–Crippen MR) is 121 cm³/mol. The fraction of sp³-hybridized carbons (Fsp3) is 0.304. The van der Waals surface area contributed by atoms with Gasteiger partial charge in [0.05, 0.1) is 12.3 Å². The number of hydrogen-bond donors (Lipinski definition) is 2. The minimum Gasteiger partial charge on any atom is -0.493 e. The topological polar surface area (TPSA) is 72.7 Å². The molecule has 0 saturated carbocycles.